The van der Waals surface area contributed by atoms with Gasteiger partial charge in [-0.05, 0) is 44.5 Å². The lowest BCUT2D eigenvalue weighted by atomic mass is 9.79. The summed E-state index contributed by atoms with van der Waals surface area (Å²) in [4.78, 5) is 12.8. The van der Waals surface area contributed by atoms with Crippen molar-refractivity contribution in [3.63, 3.8) is 0 Å². The number of benzene rings is 1. The van der Waals surface area contributed by atoms with Crippen molar-refractivity contribution in [1.29, 1.82) is 0 Å². The molecule has 1 aromatic heterocycles. The van der Waals surface area contributed by atoms with Crippen LogP contribution in [0.4, 0.5) is 0 Å². The monoisotopic (exact) mass is 392 g/mol. The third-order valence-corrected chi connectivity index (χ3v) is 5.19. The highest BCUT2D eigenvalue weighted by Gasteiger charge is 2.33. The first-order valence-corrected chi connectivity index (χ1v) is 9.29. The minimum absolute atomic E-state index is 0. The second-order valence-electron chi connectivity index (χ2n) is 6.97. The Morgan fingerprint density at radius 2 is 2.00 bits per heavy atom. The molecule has 7 heteroatoms. The molecule has 0 spiro atoms. The van der Waals surface area contributed by atoms with Crippen molar-refractivity contribution < 1.29 is 9.53 Å². The maximum Gasteiger partial charge on any atom is 0.254 e. The van der Waals surface area contributed by atoms with E-state index in [2.05, 4.69) is 15.7 Å². The van der Waals surface area contributed by atoms with Crippen LogP contribution in [0.25, 0.3) is 5.69 Å². The smallest absolute Gasteiger partial charge is 0.254 e. The van der Waals surface area contributed by atoms with Crippen LogP contribution in [0.2, 0.25) is 0 Å². The maximum atomic E-state index is 12.8. The highest BCUT2D eigenvalue weighted by Crippen LogP contribution is 2.28. The average molecular weight is 393 g/mol. The molecule has 1 aromatic carbocycles. The molecule has 0 bridgehead atoms. The molecule has 2 heterocycles. The fourth-order valence-corrected chi connectivity index (χ4v) is 3.69. The summed E-state index contributed by atoms with van der Waals surface area (Å²) < 4.78 is 7.29. The lowest BCUT2D eigenvalue weighted by Crippen LogP contribution is -2.47. The molecule has 6 nitrogen and oxygen atoms in total. The van der Waals surface area contributed by atoms with Gasteiger partial charge in [0.25, 0.3) is 5.91 Å². The summed E-state index contributed by atoms with van der Waals surface area (Å²) >= 11 is 0. The van der Waals surface area contributed by atoms with Crippen LogP contribution in [-0.4, -0.2) is 49.0 Å². The van der Waals surface area contributed by atoms with Crippen LogP contribution in [0.15, 0.2) is 36.5 Å². The van der Waals surface area contributed by atoms with Crippen molar-refractivity contribution in [1.82, 2.24) is 20.4 Å². The van der Waals surface area contributed by atoms with Crippen molar-refractivity contribution in [3.05, 3.63) is 47.8 Å². The minimum atomic E-state index is -0.0574. The standard InChI is InChI=1S/C20H28N4O2.ClH/c1-3-18-17(13-23-24(18)16-7-5-4-6-8-16)19(25)22-14-20(15-26-2)9-11-21-12-10-20;/h4-8,13,21H,3,9-12,14-15H2,1-2H3,(H,22,25);1H. The average Bonchev–Trinajstić information content (AvgIpc) is 3.12. The molecule has 27 heavy (non-hydrogen) atoms. The van der Waals surface area contributed by atoms with E-state index in [-0.39, 0.29) is 23.7 Å². The predicted molar refractivity (Wildman–Crippen MR) is 109 cm³/mol. The van der Waals surface area contributed by atoms with Gasteiger partial charge >= 0.3 is 0 Å². The van der Waals surface area contributed by atoms with E-state index in [0.29, 0.717) is 18.7 Å². The maximum absolute atomic E-state index is 12.8. The summed E-state index contributed by atoms with van der Waals surface area (Å²) in [5, 5.41) is 11.0. The summed E-state index contributed by atoms with van der Waals surface area (Å²) in [6.45, 7) is 5.27. The molecule has 1 fully saturated rings. The van der Waals surface area contributed by atoms with Crippen molar-refractivity contribution in [2.45, 2.75) is 26.2 Å². The number of rotatable bonds is 7. The molecule has 3 rings (SSSR count). The van der Waals surface area contributed by atoms with E-state index in [9.17, 15) is 4.79 Å². The number of methoxy groups -OCH3 is 1. The Hall–Kier alpha value is -1.89. The zero-order valence-corrected chi connectivity index (χ0v) is 16.8. The van der Waals surface area contributed by atoms with Gasteiger partial charge < -0.3 is 15.4 Å². The Morgan fingerprint density at radius 1 is 1.30 bits per heavy atom. The van der Waals surface area contributed by atoms with Gasteiger partial charge in [-0.1, -0.05) is 25.1 Å². The summed E-state index contributed by atoms with van der Waals surface area (Å²) in [5.74, 6) is -0.0574. The zero-order chi connectivity index (χ0) is 18.4. The highest BCUT2D eigenvalue weighted by atomic mass is 35.5. The van der Waals surface area contributed by atoms with Gasteiger partial charge in [-0.3, -0.25) is 4.79 Å². The fraction of sp³-hybridized carbons (Fsp3) is 0.500. The Balaban J connectivity index is 0.00000261. The topological polar surface area (TPSA) is 68.2 Å². The lowest BCUT2D eigenvalue weighted by Gasteiger charge is -2.37. The molecule has 0 atom stereocenters. The van der Waals surface area contributed by atoms with Crippen LogP contribution in [0.1, 0.15) is 35.8 Å². The molecule has 1 amide bonds. The van der Waals surface area contributed by atoms with Crippen LogP contribution in [-0.2, 0) is 11.2 Å². The van der Waals surface area contributed by atoms with Gasteiger partial charge in [-0.2, -0.15) is 5.10 Å². The fourth-order valence-electron chi connectivity index (χ4n) is 3.69. The summed E-state index contributed by atoms with van der Waals surface area (Å²) in [6.07, 6.45) is 4.42. The van der Waals surface area contributed by atoms with E-state index in [4.69, 9.17) is 4.74 Å². The Bertz CT molecular complexity index is 721. The Labute approximate surface area is 167 Å². The number of carbonyl (C=O) groups excluding carboxylic acids is 1. The molecule has 0 radical (unpaired) electrons. The van der Waals surface area contributed by atoms with E-state index < -0.39 is 0 Å². The van der Waals surface area contributed by atoms with Crippen LogP contribution in [0.5, 0.6) is 0 Å². The van der Waals surface area contributed by atoms with Crippen LogP contribution >= 0.6 is 12.4 Å². The first kappa shape index (κ1) is 21.4. The van der Waals surface area contributed by atoms with E-state index in [1.54, 1.807) is 13.3 Å². The minimum Gasteiger partial charge on any atom is -0.384 e. The molecule has 0 unspecified atom stereocenters. The molecule has 2 aromatic rings. The first-order chi connectivity index (χ1) is 12.7. The number of halogens is 1. The molecule has 0 saturated carbocycles. The van der Waals surface area contributed by atoms with E-state index in [1.165, 1.54) is 0 Å². The van der Waals surface area contributed by atoms with Crippen molar-refractivity contribution in [2.75, 3.05) is 33.4 Å². The lowest BCUT2D eigenvalue weighted by molar-refractivity contribution is 0.0511. The largest absolute Gasteiger partial charge is 0.384 e. The predicted octanol–water partition coefficient (Wildman–Crippen LogP) is 2.60. The second-order valence-corrected chi connectivity index (χ2v) is 6.97. The van der Waals surface area contributed by atoms with Crippen LogP contribution in [0, 0.1) is 5.41 Å². The number of nitrogens with zero attached hydrogens (tertiary/aromatic N) is 2. The SMILES string of the molecule is CCc1c(C(=O)NCC2(COC)CCNCC2)cnn1-c1ccccc1.Cl. The van der Waals surface area contributed by atoms with Crippen molar-refractivity contribution >= 4 is 18.3 Å². The highest BCUT2D eigenvalue weighted by molar-refractivity contribution is 5.95. The van der Waals surface area contributed by atoms with Gasteiger partial charge in [-0.25, -0.2) is 4.68 Å². The van der Waals surface area contributed by atoms with E-state index >= 15 is 0 Å². The van der Waals surface area contributed by atoms with Crippen LogP contribution < -0.4 is 10.6 Å². The summed E-state index contributed by atoms with van der Waals surface area (Å²) in [5.41, 5.74) is 2.56. The molecule has 2 N–H and O–H groups in total. The number of hydrogen-bond donors (Lipinski definition) is 2. The summed E-state index contributed by atoms with van der Waals surface area (Å²) in [7, 11) is 1.73. The molecule has 0 aliphatic carbocycles. The Morgan fingerprint density at radius 3 is 2.63 bits per heavy atom. The van der Waals surface area contributed by atoms with Crippen molar-refractivity contribution in [2.24, 2.45) is 5.41 Å². The number of ether oxygens (including phenoxy) is 1. The van der Waals surface area contributed by atoms with Crippen LogP contribution in [0.3, 0.4) is 0 Å². The number of hydrogen-bond acceptors (Lipinski definition) is 4. The van der Waals surface area contributed by atoms with Crippen molar-refractivity contribution in [3.8, 4) is 5.69 Å². The van der Waals surface area contributed by atoms with Gasteiger partial charge in [0.05, 0.1) is 29.7 Å². The van der Waals surface area contributed by atoms with Gasteiger partial charge in [-0.15, -0.1) is 12.4 Å². The normalized spacial score (nSPS) is 15.8. The van der Waals surface area contributed by atoms with Gasteiger partial charge in [0.2, 0.25) is 0 Å². The number of nitrogens with one attached hydrogen (secondary N) is 2. The zero-order valence-electron chi connectivity index (χ0n) is 16.0. The molecular formula is C20H29ClN4O2. The number of aromatic nitrogens is 2. The number of para-hydroxylation sites is 1. The molecule has 1 aliphatic rings. The molecular weight excluding hydrogens is 364 g/mol. The third kappa shape index (κ3) is 4.89. The van der Waals surface area contributed by atoms with Gasteiger partial charge in [0.15, 0.2) is 0 Å². The third-order valence-electron chi connectivity index (χ3n) is 5.19. The van der Waals surface area contributed by atoms with E-state index in [0.717, 1.165) is 43.7 Å². The number of amides is 1. The molecule has 148 valence electrons. The summed E-state index contributed by atoms with van der Waals surface area (Å²) in [6, 6.07) is 9.91. The number of carbonyl (C=O) groups is 1. The van der Waals surface area contributed by atoms with E-state index in [1.807, 2.05) is 41.9 Å². The van der Waals surface area contributed by atoms with Gasteiger partial charge in [0, 0.05) is 19.1 Å². The van der Waals surface area contributed by atoms with Gasteiger partial charge in [0.1, 0.15) is 0 Å². The first-order valence-electron chi connectivity index (χ1n) is 9.29. The number of piperidine rings is 1. The molecule has 1 saturated heterocycles. The Kier molecular flexibility index (Phi) is 7.83. The quantitative estimate of drug-likeness (QED) is 0.760. The second kappa shape index (κ2) is 9.88. The molecule has 1 aliphatic heterocycles.